The summed E-state index contributed by atoms with van der Waals surface area (Å²) in [5.74, 6) is 0.226. The summed E-state index contributed by atoms with van der Waals surface area (Å²) in [6, 6.07) is 13.3. The number of nitrogens with one attached hydrogen (secondary N) is 3. The number of thioether (sulfide) groups is 1. The van der Waals surface area contributed by atoms with Crippen LogP contribution in [0.15, 0.2) is 60.9 Å². The summed E-state index contributed by atoms with van der Waals surface area (Å²) in [6.45, 7) is 10.2. The molecule has 0 unspecified atom stereocenters. The Bertz CT molecular complexity index is 1360. The van der Waals surface area contributed by atoms with Crippen LogP contribution in [0.3, 0.4) is 0 Å². The molecule has 7 nitrogen and oxygen atoms in total. The van der Waals surface area contributed by atoms with Gasteiger partial charge in [0.05, 0.1) is 30.0 Å². The normalized spacial score (nSPS) is 18.8. The number of allylic oxidation sites excluding steroid dienone is 1. The lowest BCUT2D eigenvalue weighted by atomic mass is 10.0. The van der Waals surface area contributed by atoms with Gasteiger partial charge in [0, 0.05) is 39.5 Å². The second kappa shape index (κ2) is 9.70. The fourth-order valence-electron chi connectivity index (χ4n) is 4.38. The predicted molar refractivity (Wildman–Crippen MR) is 147 cm³/mol. The molecule has 1 aliphatic heterocycles. The van der Waals surface area contributed by atoms with E-state index >= 15 is 0 Å². The number of pyridine rings is 1. The molecule has 2 atom stereocenters. The Kier molecular flexibility index (Phi) is 6.58. The van der Waals surface area contributed by atoms with E-state index in [9.17, 15) is 14.0 Å². The van der Waals surface area contributed by atoms with Crippen molar-refractivity contribution in [1.82, 2.24) is 14.9 Å². The lowest BCUT2D eigenvalue weighted by Crippen LogP contribution is -2.38. The van der Waals surface area contributed by atoms with Gasteiger partial charge in [-0.25, -0.2) is 9.37 Å². The topological polar surface area (TPSA) is 90.1 Å². The van der Waals surface area contributed by atoms with Crippen molar-refractivity contribution in [3.8, 4) is 11.3 Å². The van der Waals surface area contributed by atoms with Gasteiger partial charge in [0.2, 0.25) is 0 Å². The van der Waals surface area contributed by atoms with Gasteiger partial charge in [-0.1, -0.05) is 57.3 Å². The summed E-state index contributed by atoms with van der Waals surface area (Å²) in [7, 11) is 0. The molecule has 2 aliphatic rings. The zero-order valence-electron chi connectivity index (χ0n) is 21.1. The first kappa shape index (κ1) is 25.1. The van der Waals surface area contributed by atoms with Gasteiger partial charge >= 0.3 is 0 Å². The van der Waals surface area contributed by atoms with Gasteiger partial charge in [0.1, 0.15) is 12.0 Å². The number of para-hydroxylation sites is 1. The minimum Gasteiger partial charge on any atom is -0.355 e. The number of alkyl halides is 1. The second-order valence-electron chi connectivity index (χ2n) is 10.4. The Labute approximate surface area is 219 Å². The molecule has 0 bridgehead atoms. The number of hydrogen-bond acceptors (Lipinski definition) is 6. The molecule has 9 heteroatoms. The molecule has 0 radical (unpaired) electrons. The first-order valence-electron chi connectivity index (χ1n) is 12.2. The molecule has 3 heterocycles. The van der Waals surface area contributed by atoms with Crippen LogP contribution in [0, 0.1) is 5.92 Å². The minimum atomic E-state index is -0.854. The first-order valence-corrected chi connectivity index (χ1v) is 13.0. The molecule has 5 rings (SSSR count). The Balaban J connectivity index is 1.51. The molecule has 0 spiro atoms. The number of benzene rings is 1. The summed E-state index contributed by atoms with van der Waals surface area (Å²) in [4.78, 5) is 35.7. The number of hydrogen-bond donors (Lipinski definition) is 3. The lowest BCUT2D eigenvalue weighted by molar-refractivity contribution is 0.0930. The molecule has 2 aromatic heterocycles. The molecule has 1 amide bonds. The van der Waals surface area contributed by atoms with Crippen molar-refractivity contribution in [3.05, 3.63) is 72.2 Å². The molecule has 192 valence electrons. The molecule has 37 heavy (non-hydrogen) atoms. The largest absolute Gasteiger partial charge is 0.355 e. The maximum Gasteiger partial charge on any atom is 0.282 e. The third-order valence-electron chi connectivity index (χ3n) is 6.23. The van der Waals surface area contributed by atoms with Crippen molar-refractivity contribution in [2.45, 2.75) is 44.7 Å². The average molecular weight is 520 g/mol. The van der Waals surface area contributed by atoms with E-state index in [0.29, 0.717) is 47.1 Å². The molecule has 1 aromatic carbocycles. The highest BCUT2D eigenvalue weighted by molar-refractivity contribution is 8.14. The van der Waals surface area contributed by atoms with E-state index in [2.05, 4.69) is 27.2 Å². The fraction of sp³-hybridized carbons (Fsp3) is 0.321. The SMILES string of the molecule is C=C(Nc1cc(-c2[nH]c3c(c2Nc2ccccc2)C(=O)CN(C(=O)SC(C)(C)C)C3)ccn1)[C@@H]1C[C@@H]1F. The number of aromatic amines is 1. The molecule has 1 fully saturated rings. The lowest BCUT2D eigenvalue weighted by Gasteiger charge is -2.28. The number of fused-ring (bicyclic) bond motifs is 1. The number of nitrogens with zero attached hydrogens (tertiary/aromatic N) is 2. The maximum atomic E-state index is 13.5. The van der Waals surface area contributed by atoms with Crippen LogP contribution in [0.5, 0.6) is 0 Å². The van der Waals surface area contributed by atoms with Crippen LogP contribution in [-0.4, -0.2) is 43.4 Å². The number of Topliss-reactive ketones (excluding diaryl/α,β-unsaturated/α-hetero) is 1. The van der Waals surface area contributed by atoms with Crippen molar-refractivity contribution in [3.63, 3.8) is 0 Å². The van der Waals surface area contributed by atoms with Gasteiger partial charge in [0.15, 0.2) is 5.78 Å². The van der Waals surface area contributed by atoms with E-state index in [1.54, 1.807) is 11.1 Å². The van der Waals surface area contributed by atoms with Crippen LogP contribution >= 0.6 is 11.8 Å². The Morgan fingerprint density at radius 3 is 2.62 bits per heavy atom. The molecular formula is C28H30FN5O2S. The van der Waals surface area contributed by atoms with Crippen LogP contribution in [0.25, 0.3) is 11.3 Å². The van der Waals surface area contributed by atoms with Crippen LogP contribution in [0.1, 0.15) is 43.2 Å². The Morgan fingerprint density at radius 1 is 1.22 bits per heavy atom. The second-order valence-corrected chi connectivity index (χ2v) is 12.2. The van der Waals surface area contributed by atoms with Gasteiger partial charge in [-0.05, 0) is 30.7 Å². The number of halogens is 1. The van der Waals surface area contributed by atoms with Gasteiger partial charge in [-0.2, -0.15) is 0 Å². The zero-order chi connectivity index (χ0) is 26.3. The van der Waals surface area contributed by atoms with E-state index in [-0.39, 0.29) is 28.2 Å². The van der Waals surface area contributed by atoms with Crippen molar-refractivity contribution in [2.75, 3.05) is 17.2 Å². The molecular weight excluding hydrogens is 489 g/mol. The van der Waals surface area contributed by atoms with E-state index in [0.717, 1.165) is 11.3 Å². The maximum absolute atomic E-state index is 13.5. The number of amides is 1. The highest BCUT2D eigenvalue weighted by atomic mass is 32.2. The summed E-state index contributed by atoms with van der Waals surface area (Å²) in [5.41, 5.74) is 4.84. The summed E-state index contributed by atoms with van der Waals surface area (Å²) in [6.07, 6.45) is 1.28. The number of carbonyl (C=O) groups excluding carboxylic acids is 2. The van der Waals surface area contributed by atoms with Crippen LogP contribution in [0.2, 0.25) is 0 Å². The number of anilines is 3. The Hall–Kier alpha value is -3.59. The van der Waals surface area contributed by atoms with E-state index in [4.69, 9.17) is 0 Å². The summed E-state index contributed by atoms with van der Waals surface area (Å²) in [5, 5.41) is 6.42. The minimum absolute atomic E-state index is 0.0183. The van der Waals surface area contributed by atoms with Crippen molar-refractivity contribution < 1.29 is 14.0 Å². The van der Waals surface area contributed by atoms with Crippen LogP contribution in [0.4, 0.5) is 26.4 Å². The third kappa shape index (κ3) is 5.56. The number of H-pyrrole nitrogens is 1. The van der Waals surface area contributed by atoms with Crippen molar-refractivity contribution in [1.29, 1.82) is 0 Å². The molecule has 0 saturated heterocycles. The third-order valence-corrected chi connectivity index (χ3v) is 7.28. The quantitative estimate of drug-likeness (QED) is 0.334. The first-order chi connectivity index (χ1) is 17.6. The fourth-order valence-corrected chi connectivity index (χ4v) is 5.16. The number of rotatable bonds is 6. The van der Waals surface area contributed by atoms with Gasteiger partial charge < -0.3 is 20.5 Å². The zero-order valence-corrected chi connectivity index (χ0v) is 21.9. The highest BCUT2D eigenvalue weighted by Crippen LogP contribution is 2.41. The van der Waals surface area contributed by atoms with Gasteiger partial charge in [-0.3, -0.25) is 9.59 Å². The van der Waals surface area contributed by atoms with E-state index < -0.39 is 6.17 Å². The van der Waals surface area contributed by atoms with E-state index in [1.165, 1.54) is 11.8 Å². The molecule has 1 aliphatic carbocycles. The smallest absolute Gasteiger partial charge is 0.282 e. The van der Waals surface area contributed by atoms with Crippen LogP contribution < -0.4 is 10.6 Å². The van der Waals surface area contributed by atoms with Crippen molar-refractivity contribution >= 4 is 40.0 Å². The van der Waals surface area contributed by atoms with Crippen LogP contribution in [-0.2, 0) is 6.54 Å². The average Bonchev–Trinajstić information content (AvgIpc) is 3.46. The molecule has 3 aromatic rings. The number of aromatic nitrogens is 2. The van der Waals surface area contributed by atoms with Gasteiger partial charge in [0.25, 0.3) is 5.24 Å². The summed E-state index contributed by atoms with van der Waals surface area (Å²) < 4.78 is 13.2. The van der Waals surface area contributed by atoms with E-state index in [1.807, 2.05) is 63.2 Å². The summed E-state index contributed by atoms with van der Waals surface area (Å²) >= 11 is 1.22. The number of carbonyl (C=O) groups is 2. The standard InChI is InChI=1S/C28H30FN5O2S/c1-16(19-13-20(19)29)31-23-12-17(10-11-30-23)25-26(32-18-8-6-5-7-9-18)24-21(33-25)14-34(15-22(24)35)27(36)37-28(2,3)4/h5-12,19-20,32-33H,1,13-15H2,2-4H3,(H,30,31)/t19-,20-/m0/s1. The molecule has 1 saturated carbocycles. The highest BCUT2D eigenvalue weighted by Gasteiger charge is 2.40. The number of ketones is 1. The predicted octanol–water partition coefficient (Wildman–Crippen LogP) is 6.75. The van der Waals surface area contributed by atoms with Gasteiger partial charge in [-0.15, -0.1) is 0 Å². The molecule has 3 N–H and O–H groups in total. The Morgan fingerprint density at radius 2 is 1.95 bits per heavy atom. The van der Waals surface area contributed by atoms with Crippen molar-refractivity contribution in [2.24, 2.45) is 5.92 Å². The monoisotopic (exact) mass is 519 g/mol.